The normalized spacial score (nSPS) is 29.7. The Kier molecular flexibility index (Phi) is 4.50. The zero-order valence-electron chi connectivity index (χ0n) is 12.1. The van der Waals surface area contributed by atoms with Crippen LogP contribution in [0.15, 0.2) is 12.7 Å². The number of anilines is 1. The first kappa shape index (κ1) is 17.1. The Bertz CT molecular complexity index is 780. The van der Waals surface area contributed by atoms with Crippen molar-refractivity contribution < 1.29 is 28.9 Å². The molecule has 0 aromatic carbocycles. The van der Waals surface area contributed by atoms with Gasteiger partial charge in [0.05, 0.1) is 12.9 Å². The highest BCUT2D eigenvalue weighted by Crippen LogP contribution is 2.36. The van der Waals surface area contributed by atoms with E-state index in [1.807, 2.05) is 0 Å². The average Bonchev–Trinajstić information content (AvgIpc) is 3.07. The number of imidazole rings is 1. The molecule has 0 amide bonds. The van der Waals surface area contributed by atoms with Gasteiger partial charge in [0.25, 0.3) is 0 Å². The van der Waals surface area contributed by atoms with Crippen molar-refractivity contribution in [2.75, 3.05) is 12.0 Å². The summed E-state index contributed by atoms with van der Waals surface area (Å²) in [6.45, 7) is -0.476. The van der Waals surface area contributed by atoms with Gasteiger partial charge in [0.1, 0.15) is 24.6 Å². The first-order chi connectivity index (χ1) is 11.3. The lowest BCUT2D eigenvalue weighted by Gasteiger charge is -2.16. The second kappa shape index (κ2) is 6.31. The molecule has 1 fully saturated rings. The van der Waals surface area contributed by atoms with Gasteiger partial charge in [-0.1, -0.05) is 0 Å². The molecule has 5 atom stereocenters. The van der Waals surface area contributed by atoms with Crippen LogP contribution >= 0.6 is 7.75 Å². The third-order valence-corrected chi connectivity index (χ3v) is 4.05. The summed E-state index contributed by atoms with van der Waals surface area (Å²) in [5.41, 5.74) is 7.88. The van der Waals surface area contributed by atoms with Gasteiger partial charge >= 0.3 is 7.75 Å². The predicted octanol–water partition coefficient (Wildman–Crippen LogP) is -2.19. The minimum Gasteiger partial charge on any atom is -0.387 e. The first-order valence-electron chi connectivity index (χ1n) is 6.73. The summed E-state index contributed by atoms with van der Waals surface area (Å²) < 4.78 is 22.4. The molecule has 0 saturated carbocycles. The van der Waals surface area contributed by atoms with E-state index in [4.69, 9.17) is 21.0 Å². The molecule has 0 spiro atoms. The Morgan fingerprint density at radius 2 is 2.12 bits per heavy atom. The van der Waals surface area contributed by atoms with Gasteiger partial charge in [-0.25, -0.2) is 30.9 Å². The molecule has 1 saturated heterocycles. The lowest BCUT2D eigenvalue weighted by Crippen LogP contribution is -2.33. The lowest BCUT2D eigenvalue weighted by molar-refractivity contribution is -0.0484. The van der Waals surface area contributed by atoms with E-state index in [0.717, 1.165) is 0 Å². The van der Waals surface area contributed by atoms with Crippen LogP contribution in [0.4, 0.5) is 5.82 Å². The molecule has 0 bridgehead atoms. The lowest BCUT2D eigenvalue weighted by atomic mass is 10.1. The molecule has 3 rings (SSSR count). The van der Waals surface area contributed by atoms with E-state index in [-0.39, 0.29) is 5.82 Å². The molecule has 3 heterocycles. The number of hydrogen-bond donors (Lipinski definition) is 6. The summed E-state index contributed by atoms with van der Waals surface area (Å²) in [6, 6.07) is 0. The van der Waals surface area contributed by atoms with Crippen molar-refractivity contribution >= 4 is 24.7 Å². The molecular formula is C10H16N7O6P. The molecule has 14 heteroatoms. The summed E-state index contributed by atoms with van der Waals surface area (Å²) in [5, 5.41) is 20.2. The van der Waals surface area contributed by atoms with Crippen LogP contribution in [0.1, 0.15) is 6.23 Å². The fraction of sp³-hybridized carbons (Fsp3) is 0.500. The Hall–Kier alpha value is -1.70. The minimum absolute atomic E-state index is 0.274. The van der Waals surface area contributed by atoms with Crippen molar-refractivity contribution in [2.24, 2.45) is 11.3 Å². The van der Waals surface area contributed by atoms with E-state index in [2.05, 4.69) is 24.9 Å². The Balaban J connectivity index is 1.86. The third-order valence-electron chi connectivity index (χ3n) is 3.53. The highest BCUT2D eigenvalue weighted by atomic mass is 31.2. The number of aromatic nitrogens is 4. The Morgan fingerprint density at radius 1 is 1.38 bits per heavy atom. The third kappa shape index (κ3) is 3.11. The van der Waals surface area contributed by atoms with Gasteiger partial charge in [0.15, 0.2) is 23.2 Å². The number of fused-ring (bicyclic) bond motifs is 1. The first-order valence-corrected chi connectivity index (χ1v) is 8.38. The van der Waals surface area contributed by atoms with Crippen LogP contribution in [-0.4, -0.2) is 59.5 Å². The van der Waals surface area contributed by atoms with Crippen molar-refractivity contribution in [3.63, 3.8) is 0 Å². The molecule has 1 unspecified atom stereocenters. The number of hydrazine groups is 1. The van der Waals surface area contributed by atoms with Crippen molar-refractivity contribution in [1.82, 2.24) is 19.5 Å². The number of nitrogens with two attached hydrogens (primary N) is 2. The van der Waals surface area contributed by atoms with E-state index in [9.17, 15) is 14.8 Å². The average molecular weight is 361 g/mol. The van der Waals surface area contributed by atoms with Crippen molar-refractivity contribution in [1.29, 1.82) is 0 Å². The summed E-state index contributed by atoms with van der Waals surface area (Å²) in [4.78, 5) is 21.0. The quantitative estimate of drug-likeness (QED) is 0.191. The van der Waals surface area contributed by atoms with Crippen LogP contribution in [-0.2, 0) is 13.8 Å². The maximum atomic E-state index is 11.0. The molecule has 132 valence electrons. The zero-order valence-corrected chi connectivity index (χ0v) is 13.0. The van der Waals surface area contributed by atoms with Crippen LogP contribution in [0.5, 0.6) is 0 Å². The summed E-state index contributed by atoms with van der Waals surface area (Å²) in [6.07, 6.45) is -2.26. The highest BCUT2D eigenvalue weighted by molar-refractivity contribution is 7.50. The number of aliphatic hydroxyl groups excluding tert-OH is 2. The topological polar surface area (TPSA) is 204 Å². The molecule has 0 aliphatic carbocycles. The molecule has 24 heavy (non-hydrogen) atoms. The van der Waals surface area contributed by atoms with E-state index < -0.39 is 38.9 Å². The van der Waals surface area contributed by atoms with E-state index in [1.165, 1.54) is 17.2 Å². The van der Waals surface area contributed by atoms with Gasteiger partial charge < -0.3 is 25.3 Å². The Morgan fingerprint density at radius 3 is 2.79 bits per heavy atom. The molecule has 2 aromatic rings. The number of nitrogens with zero attached hydrogens (tertiary/aromatic N) is 4. The number of aliphatic hydroxyl groups is 2. The smallest absolute Gasteiger partial charge is 0.387 e. The summed E-state index contributed by atoms with van der Waals surface area (Å²) in [5.74, 6) is 5.62. The molecular weight excluding hydrogens is 345 g/mol. The van der Waals surface area contributed by atoms with Gasteiger partial charge in [-0.15, -0.1) is 0 Å². The number of rotatable bonds is 5. The van der Waals surface area contributed by atoms with Crippen molar-refractivity contribution in [2.45, 2.75) is 24.5 Å². The molecule has 8 N–H and O–H groups in total. The highest BCUT2D eigenvalue weighted by Gasteiger charge is 2.45. The van der Waals surface area contributed by atoms with Gasteiger partial charge in [-0.3, -0.25) is 9.09 Å². The summed E-state index contributed by atoms with van der Waals surface area (Å²) in [7, 11) is -4.23. The zero-order chi connectivity index (χ0) is 17.5. The SMILES string of the molecule is NNc1ncnc2c1ncn2[C@@H]1O[C@H](COP(N)(=O)O)[C@@H](O)[C@H]1O. The summed E-state index contributed by atoms with van der Waals surface area (Å²) >= 11 is 0. The van der Waals surface area contributed by atoms with Crippen LogP contribution in [0.25, 0.3) is 11.2 Å². The van der Waals surface area contributed by atoms with Crippen LogP contribution in [0, 0.1) is 0 Å². The molecule has 0 radical (unpaired) electrons. The number of nitrogen functional groups attached to an aromatic ring is 1. The van der Waals surface area contributed by atoms with Gasteiger partial charge in [0, 0.05) is 0 Å². The van der Waals surface area contributed by atoms with Crippen molar-refractivity contribution in [3.05, 3.63) is 12.7 Å². The van der Waals surface area contributed by atoms with Gasteiger partial charge in [-0.05, 0) is 0 Å². The fourth-order valence-electron chi connectivity index (χ4n) is 2.42. The number of nitrogens with one attached hydrogen (secondary N) is 1. The minimum atomic E-state index is -4.23. The maximum absolute atomic E-state index is 11.0. The van der Waals surface area contributed by atoms with Crippen LogP contribution in [0.3, 0.4) is 0 Å². The second-order valence-electron chi connectivity index (χ2n) is 5.10. The standard InChI is InChI=1S/C10H16N7O6P/c11-16-8-5-9(14-2-13-8)17(3-15-5)10-7(19)6(18)4(23-10)1-22-24(12,20)21/h2-4,6-7,10,18-19H,1,11H2,(H3,12,20,21)(H,13,14,16)/t4-,6-,7-,10-/m1/s1. The van der Waals surface area contributed by atoms with Gasteiger partial charge in [0.2, 0.25) is 0 Å². The number of ether oxygens (including phenoxy) is 1. The fourth-order valence-corrected chi connectivity index (χ4v) is 2.78. The molecule has 2 aromatic heterocycles. The largest absolute Gasteiger partial charge is 0.400 e. The molecule has 13 nitrogen and oxygen atoms in total. The predicted molar refractivity (Wildman–Crippen MR) is 79.0 cm³/mol. The van der Waals surface area contributed by atoms with Crippen molar-refractivity contribution in [3.8, 4) is 0 Å². The number of hydrogen-bond acceptors (Lipinski definition) is 10. The van der Waals surface area contributed by atoms with E-state index >= 15 is 0 Å². The van der Waals surface area contributed by atoms with Crippen LogP contribution in [0.2, 0.25) is 0 Å². The monoisotopic (exact) mass is 361 g/mol. The van der Waals surface area contributed by atoms with E-state index in [1.54, 1.807) is 0 Å². The van der Waals surface area contributed by atoms with Crippen LogP contribution < -0.4 is 16.8 Å². The maximum Gasteiger partial charge on any atom is 0.400 e. The molecule has 1 aliphatic heterocycles. The second-order valence-corrected chi connectivity index (χ2v) is 6.48. The Labute approximate surface area is 134 Å². The van der Waals surface area contributed by atoms with Gasteiger partial charge in [-0.2, -0.15) is 0 Å². The van der Waals surface area contributed by atoms with E-state index in [0.29, 0.717) is 11.2 Å². The molecule has 1 aliphatic rings.